The molecule has 0 amide bonds. The Balaban J connectivity index is 1.72. The Hall–Kier alpha value is -1.10. The Morgan fingerprint density at radius 2 is 2.20 bits per heavy atom. The Labute approximate surface area is 120 Å². The first-order valence-electron chi connectivity index (χ1n) is 7.47. The van der Waals surface area contributed by atoms with Gasteiger partial charge in [-0.1, -0.05) is 6.07 Å². The second kappa shape index (κ2) is 5.72. The van der Waals surface area contributed by atoms with Crippen molar-refractivity contribution in [3.05, 3.63) is 29.3 Å². The van der Waals surface area contributed by atoms with Crippen LogP contribution >= 0.6 is 0 Å². The van der Waals surface area contributed by atoms with Gasteiger partial charge in [-0.3, -0.25) is 4.90 Å². The van der Waals surface area contributed by atoms with Crippen LogP contribution in [0.15, 0.2) is 18.2 Å². The Morgan fingerprint density at radius 1 is 1.35 bits per heavy atom. The summed E-state index contributed by atoms with van der Waals surface area (Å²) >= 11 is 0. The lowest BCUT2D eigenvalue weighted by Crippen LogP contribution is -2.24. The minimum Gasteiger partial charge on any atom is -0.496 e. The first kappa shape index (κ1) is 13.9. The van der Waals surface area contributed by atoms with Gasteiger partial charge in [0.1, 0.15) is 5.75 Å². The van der Waals surface area contributed by atoms with Gasteiger partial charge in [-0.25, -0.2) is 0 Å². The number of likely N-dealkylation sites (tertiary alicyclic amines) is 1. The molecular weight excluding hydrogens is 252 g/mol. The van der Waals surface area contributed by atoms with Crippen molar-refractivity contribution in [1.82, 2.24) is 4.90 Å². The Morgan fingerprint density at radius 3 is 2.90 bits per heavy atom. The molecule has 1 aliphatic carbocycles. The molecule has 0 bridgehead atoms. The average Bonchev–Trinajstić information content (AvgIpc) is 3.01. The maximum atomic E-state index is 10.00. The van der Waals surface area contributed by atoms with Gasteiger partial charge < -0.3 is 15.6 Å². The van der Waals surface area contributed by atoms with Crippen LogP contribution in [0.4, 0.5) is 0 Å². The van der Waals surface area contributed by atoms with E-state index >= 15 is 0 Å². The molecule has 2 aliphatic rings. The Bertz CT molecular complexity index is 478. The van der Waals surface area contributed by atoms with Gasteiger partial charge in [-0.2, -0.15) is 0 Å². The molecule has 110 valence electrons. The monoisotopic (exact) mass is 276 g/mol. The third kappa shape index (κ3) is 2.55. The molecule has 3 unspecified atom stereocenters. The van der Waals surface area contributed by atoms with Crippen LogP contribution in [0.25, 0.3) is 0 Å². The van der Waals surface area contributed by atoms with Crippen molar-refractivity contribution in [1.29, 1.82) is 0 Å². The summed E-state index contributed by atoms with van der Waals surface area (Å²) in [5.74, 6) is 2.08. The lowest BCUT2D eigenvalue weighted by molar-refractivity contribution is 0.123. The van der Waals surface area contributed by atoms with Crippen LogP contribution in [0.3, 0.4) is 0 Å². The predicted octanol–water partition coefficient (Wildman–Crippen LogP) is 1.36. The second-order valence-electron chi connectivity index (χ2n) is 6.11. The zero-order valence-electron chi connectivity index (χ0n) is 12.1. The highest BCUT2D eigenvalue weighted by atomic mass is 16.5. The molecule has 1 aromatic rings. The fourth-order valence-corrected chi connectivity index (χ4v) is 3.78. The van der Waals surface area contributed by atoms with Gasteiger partial charge in [0, 0.05) is 37.7 Å². The molecule has 20 heavy (non-hydrogen) atoms. The van der Waals surface area contributed by atoms with Crippen molar-refractivity contribution in [3.8, 4) is 5.75 Å². The standard InChI is InChI=1S/C16H24N2O2/c1-20-16-5-2-11(7-17)6-13(16)9-18-8-12-3-4-15(19)14(12)10-18/h2,5-6,12,14-15,19H,3-4,7-10,17H2,1H3. The first-order chi connectivity index (χ1) is 9.71. The third-order valence-electron chi connectivity index (χ3n) is 4.87. The number of hydrogen-bond acceptors (Lipinski definition) is 4. The van der Waals surface area contributed by atoms with Crippen molar-refractivity contribution >= 4 is 0 Å². The molecule has 1 aliphatic heterocycles. The molecule has 3 atom stereocenters. The minimum atomic E-state index is -0.0951. The van der Waals surface area contributed by atoms with Crippen LogP contribution in [0.2, 0.25) is 0 Å². The zero-order valence-corrected chi connectivity index (χ0v) is 12.1. The first-order valence-corrected chi connectivity index (χ1v) is 7.47. The van der Waals surface area contributed by atoms with E-state index in [0.29, 0.717) is 18.4 Å². The molecule has 3 rings (SSSR count). The summed E-state index contributed by atoms with van der Waals surface area (Å²) in [5.41, 5.74) is 8.06. The minimum absolute atomic E-state index is 0.0951. The number of nitrogens with two attached hydrogens (primary N) is 1. The van der Waals surface area contributed by atoms with Gasteiger partial charge in [-0.05, 0) is 36.5 Å². The third-order valence-corrected chi connectivity index (χ3v) is 4.87. The van der Waals surface area contributed by atoms with E-state index < -0.39 is 0 Å². The van der Waals surface area contributed by atoms with E-state index in [9.17, 15) is 5.11 Å². The largest absolute Gasteiger partial charge is 0.496 e. The molecule has 1 saturated carbocycles. The highest BCUT2D eigenvalue weighted by Crippen LogP contribution is 2.39. The van der Waals surface area contributed by atoms with Crippen LogP contribution in [-0.4, -0.2) is 36.3 Å². The molecule has 4 heteroatoms. The van der Waals surface area contributed by atoms with Gasteiger partial charge in [0.2, 0.25) is 0 Å². The van der Waals surface area contributed by atoms with Crippen molar-refractivity contribution in [2.24, 2.45) is 17.6 Å². The highest BCUT2D eigenvalue weighted by Gasteiger charge is 2.41. The van der Waals surface area contributed by atoms with E-state index in [2.05, 4.69) is 11.0 Å². The van der Waals surface area contributed by atoms with E-state index in [1.54, 1.807) is 7.11 Å². The topological polar surface area (TPSA) is 58.7 Å². The summed E-state index contributed by atoms with van der Waals surface area (Å²) < 4.78 is 5.45. The SMILES string of the molecule is COc1ccc(CN)cc1CN1CC2CCC(O)C2C1. The van der Waals surface area contributed by atoms with Crippen LogP contribution in [0, 0.1) is 11.8 Å². The fourth-order valence-electron chi connectivity index (χ4n) is 3.78. The zero-order chi connectivity index (χ0) is 14.1. The highest BCUT2D eigenvalue weighted by molar-refractivity contribution is 5.37. The molecule has 3 N–H and O–H groups in total. The van der Waals surface area contributed by atoms with Crippen molar-refractivity contribution in [3.63, 3.8) is 0 Å². The summed E-state index contributed by atoms with van der Waals surface area (Å²) in [6, 6.07) is 6.16. The van der Waals surface area contributed by atoms with Crippen LogP contribution < -0.4 is 10.5 Å². The molecule has 1 heterocycles. The Kier molecular flexibility index (Phi) is 3.96. The lowest BCUT2D eigenvalue weighted by Gasteiger charge is -2.20. The van der Waals surface area contributed by atoms with Gasteiger partial charge in [0.05, 0.1) is 13.2 Å². The maximum Gasteiger partial charge on any atom is 0.123 e. The van der Waals surface area contributed by atoms with Crippen LogP contribution in [-0.2, 0) is 13.1 Å². The van der Waals surface area contributed by atoms with Gasteiger partial charge >= 0.3 is 0 Å². The average molecular weight is 276 g/mol. The molecule has 0 spiro atoms. The predicted molar refractivity (Wildman–Crippen MR) is 78.4 cm³/mol. The lowest BCUT2D eigenvalue weighted by atomic mass is 10.00. The van der Waals surface area contributed by atoms with E-state index in [4.69, 9.17) is 10.5 Å². The molecule has 1 aromatic carbocycles. The molecule has 0 radical (unpaired) electrons. The van der Waals surface area contributed by atoms with Crippen molar-refractivity contribution < 1.29 is 9.84 Å². The normalized spacial score (nSPS) is 29.6. The van der Waals surface area contributed by atoms with Gasteiger partial charge in [0.15, 0.2) is 0 Å². The van der Waals surface area contributed by atoms with E-state index in [0.717, 1.165) is 37.4 Å². The summed E-state index contributed by atoms with van der Waals surface area (Å²) in [6.45, 7) is 3.54. The quantitative estimate of drug-likeness (QED) is 0.872. The van der Waals surface area contributed by atoms with E-state index in [1.165, 1.54) is 12.0 Å². The molecular formula is C16H24N2O2. The van der Waals surface area contributed by atoms with Crippen molar-refractivity contribution in [2.45, 2.75) is 32.0 Å². The van der Waals surface area contributed by atoms with Crippen LogP contribution in [0.5, 0.6) is 5.75 Å². The number of hydrogen-bond donors (Lipinski definition) is 2. The smallest absolute Gasteiger partial charge is 0.123 e. The van der Waals surface area contributed by atoms with Gasteiger partial charge in [0.25, 0.3) is 0 Å². The number of benzene rings is 1. The summed E-state index contributed by atoms with van der Waals surface area (Å²) in [7, 11) is 1.71. The second-order valence-corrected chi connectivity index (χ2v) is 6.11. The molecule has 2 fully saturated rings. The fraction of sp³-hybridized carbons (Fsp3) is 0.625. The van der Waals surface area contributed by atoms with Crippen LogP contribution in [0.1, 0.15) is 24.0 Å². The van der Waals surface area contributed by atoms with Crippen molar-refractivity contribution in [2.75, 3.05) is 20.2 Å². The number of aliphatic hydroxyl groups excluding tert-OH is 1. The maximum absolute atomic E-state index is 10.00. The van der Waals surface area contributed by atoms with E-state index in [-0.39, 0.29) is 6.10 Å². The number of methoxy groups -OCH3 is 1. The number of aliphatic hydroxyl groups is 1. The number of nitrogens with zero attached hydrogens (tertiary/aromatic N) is 1. The summed E-state index contributed by atoms with van der Waals surface area (Å²) in [6.07, 6.45) is 2.06. The number of fused-ring (bicyclic) bond motifs is 1. The van der Waals surface area contributed by atoms with E-state index in [1.807, 2.05) is 12.1 Å². The molecule has 4 nitrogen and oxygen atoms in total. The summed E-state index contributed by atoms with van der Waals surface area (Å²) in [5, 5.41) is 10.00. The summed E-state index contributed by atoms with van der Waals surface area (Å²) in [4.78, 5) is 2.44. The number of ether oxygens (including phenoxy) is 1. The van der Waals surface area contributed by atoms with Gasteiger partial charge in [-0.15, -0.1) is 0 Å². The molecule has 0 aromatic heterocycles. The molecule has 1 saturated heterocycles. The number of rotatable bonds is 4.